The van der Waals surface area contributed by atoms with Crippen LogP contribution in [0.15, 0.2) is 12.3 Å². The molecule has 0 radical (unpaired) electrons. The van der Waals surface area contributed by atoms with Gasteiger partial charge in [-0.25, -0.2) is 4.98 Å². The normalized spacial score (nSPS) is 20.7. The second-order valence-corrected chi connectivity index (χ2v) is 3.17. The Bertz CT molecular complexity index is 299. The van der Waals surface area contributed by atoms with Crippen molar-refractivity contribution in [1.29, 1.82) is 0 Å². The molecule has 1 aliphatic rings. The topological polar surface area (TPSA) is 34.1 Å². The number of pyridine rings is 1. The van der Waals surface area contributed by atoms with Gasteiger partial charge >= 0.3 is 0 Å². The zero-order chi connectivity index (χ0) is 8.55. The van der Waals surface area contributed by atoms with Gasteiger partial charge in [0.1, 0.15) is 6.10 Å². The molecule has 0 spiro atoms. The summed E-state index contributed by atoms with van der Waals surface area (Å²) in [4.78, 5) is 4.22. The molecule has 3 nitrogen and oxygen atoms in total. The zero-order valence-electron chi connectivity index (χ0n) is 7.29. The molecule has 1 N–H and O–H groups in total. The van der Waals surface area contributed by atoms with Crippen LogP contribution in [0, 0.1) is 6.92 Å². The van der Waals surface area contributed by atoms with Crippen LogP contribution < -0.4 is 10.1 Å². The van der Waals surface area contributed by atoms with Crippen molar-refractivity contribution in [3.05, 3.63) is 17.8 Å². The summed E-state index contributed by atoms with van der Waals surface area (Å²) in [5.41, 5.74) is 1.13. The minimum absolute atomic E-state index is 0.237. The number of hydrogen-bond acceptors (Lipinski definition) is 3. The van der Waals surface area contributed by atoms with Gasteiger partial charge in [0, 0.05) is 6.20 Å². The first-order valence-electron chi connectivity index (χ1n) is 4.13. The van der Waals surface area contributed by atoms with E-state index in [1.807, 2.05) is 26.1 Å². The van der Waals surface area contributed by atoms with Crippen molar-refractivity contribution in [2.45, 2.75) is 20.0 Å². The number of nitrogens with zero attached hydrogens (tertiary/aromatic N) is 1. The maximum Gasteiger partial charge on any atom is 0.168 e. The van der Waals surface area contributed by atoms with Gasteiger partial charge in [0.25, 0.3) is 0 Å². The van der Waals surface area contributed by atoms with E-state index in [1.54, 1.807) is 0 Å². The Morgan fingerprint density at radius 2 is 2.50 bits per heavy atom. The van der Waals surface area contributed by atoms with Crippen molar-refractivity contribution in [3.63, 3.8) is 0 Å². The number of fused-ring (bicyclic) bond motifs is 1. The Hall–Kier alpha value is -1.25. The molecule has 2 rings (SSSR count). The Labute approximate surface area is 71.8 Å². The molecule has 1 aliphatic heterocycles. The fourth-order valence-corrected chi connectivity index (χ4v) is 1.26. The van der Waals surface area contributed by atoms with E-state index in [4.69, 9.17) is 4.74 Å². The molecule has 1 aromatic rings. The van der Waals surface area contributed by atoms with Crippen LogP contribution in [0.2, 0.25) is 0 Å². The number of hydrogen-bond donors (Lipinski definition) is 1. The summed E-state index contributed by atoms with van der Waals surface area (Å²) in [6.07, 6.45) is 2.08. The third-order valence-electron chi connectivity index (χ3n) is 1.87. The van der Waals surface area contributed by atoms with Gasteiger partial charge in [0.15, 0.2) is 11.6 Å². The van der Waals surface area contributed by atoms with E-state index in [0.717, 1.165) is 23.7 Å². The second-order valence-electron chi connectivity index (χ2n) is 3.17. The lowest BCUT2D eigenvalue weighted by molar-refractivity contribution is 0.224. The number of aromatic nitrogens is 1. The quantitative estimate of drug-likeness (QED) is 0.632. The van der Waals surface area contributed by atoms with Gasteiger partial charge in [-0.2, -0.15) is 0 Å². The average molecular weight is 164 g/mol. The maximum absolute atomic E-state index is 5.59. The zero-order valence-corrected chi connectivity index (χ0v) is 7.29. The minimum Gasteiger partial charge on any atom is -0.485 e. The molecule has 1 atom stereocenters. The molecule has 0 aliphatic carbocycles. The van der Waals surface area contributed by atoms with Crippen molar-refractivity contribution >= 4 is 5.82 Å². The van der Waals surface area contributed by atoms with Crippen LogP contribution in [0.3, 0.4) is 0 Å². The highest BCUT2D eigenvalue weighted by Gasteiger charge is 2.15. The third-order valence-corrected chi connectivity index (χ3v) is 1.87. The second kappa shape index (κ2) is 2.66. The molecular formula is C9H12N2O. The molecule has 0 saturated carbocycles. The van der Waals surface area contributed by atoms with Crippen molar-refractivity contribution in [1.82, 2.24) is 4.98 Å². The van der Waals surface area contributed by atoms with E-state index >= 15 is 0 Å². The molecule has 1 unspecified atom stereocenters. The first-order chi connectivity index (χ1) is 5.75. The highest BCUT2D eigenvalue weighted by molar-refractivity contribution is 5.52. The van der Waals surface area contributed by atoms with Crippen molar-refractivity contribution in [2.24, 2.45) is 0 Å². The van der Waals surface area contributed by atoms with E-state index in [0.29, 0.717) is 0 Å². The summed E-state index contributed by atoms with van der Waals surface area (Å²) in [6, 6.07) is 2.00. The SMILES string of the molecule is Cc1cnc2c(c1)OC(C)CN2. The summed E-state index contributed by atoms with van der Waals surface area (Å²) in [6.45, 7) is 4.89. The molecule has 0 amide bonds. The van der Waals surface area contributed by atoms with Crippen LogP contribution in [0.25, 0.3) is 0 Å². The van der Waals surface area contributed by atoms with E-state index in [9.17, 15) is 0 Å². The predicted molar refractivity (Wildman–Crippen MR) is 47.6 cm³/mol. The summed E-state index contributed by atoms with van der Waals surface area (Å²) in [7, 11) is 0. The van der Waals surface area contributed by atoms with Gasteiger partial charge in [0.2, 0.25) is 0 Å². The Morgan fingerprint density at radius 1 is 1.67 bits per heavy atom. The van der Waals surface area contributed by atoms with E-state index in [-0.39, 0.29) is 6.10 Å². The molecule has 1 aromatic heterocycles. The lowest BCUT2D eigenvalue weighted by Gasteiger charge is -2.23. The first-order valence-corrected chi connectivity index (χ1v) is 4.13. The van der Waals surface area contributed by atoms with Crippen LogP contribution in [0.4, 0.5) is 5.82 Å². The van der Waals surface area contributed by atoms with Crippen LogP contribution in [-0.4, -0.2) is 17.6 Å². The summed E-state index contributed by atoms with van der Waals surface area (Å²) in [5, 5.41) is 3.20. The highest BCUT2D eigenvalue weighted by Crippen LogP contribution is 2.26. The average Bonchev–Trinajstić information content (AvgIpc) is 2.03. The summed E-state index contributed by atoms with van der Waals surface area (Å²) < 4.78 is 5.59. The molecule has 0 saturated heterocycles. The molecule has 0 aromatic carbocycles. The van der Waals surface area contributed by atoms with Gasteiger partial charge in [-0.15, -0.1) is 0 Å². The molecule has 2 heterocycles. The van der Waals surface area contributed by atoms with E-state index in [2.05, 4.69) is 10.3 Å². The number of nitrogens with one attached hydrogen (secondary N) is 1. The highest BCUT2D eigenvalue weighted by atomic mass is 16.5. The lowest BCUT2D eigenvalue weighted by atomic mass is 10.2. The van der Waals surface area contributed by atoms with Gasteiger partial charge < -0.3 is 10.1 Å². The predicted octanol–water partition coefficient (Wildman–Crippen LogP) is 1.58. The third kappa shape index (κ3) is 1.22. The maximum atomic E-state index is 5.59. The van der Waals surface area contributed by atoms with E-state index < -0.39 is 0 Å². The number of rotatable bonds is 0. The van der Waals surface area contributed by atoms with Crippen LogP contribution >= 0.6 is 0 Å². The van der Waals surface area contributed by atoms with Crippen LogP contribution in [-0.2, 0) is 0 Å². The van der Waals surface area contributed by atoms with Gasteiger partial charge in [-0.05, 0) is 25.5 Å². The van der Waals surface area contributed by atoms with E-state index in [1.165, 1.54) is 0 Å². The summed E-state index contributed by atoms with van der Waals surface area (Å²) in [5.74, 6) is 1.73. The molecule has 64 valence electrons. The Kier molecular flexibility index (Phi) is 1.64. The largest absolute Gasteiger partial charge is 0.485 e. The van der Waals surface area contributed by atoms with Crippen LogP contribution in [0.5, 0.6) is 5.75 Å². The van der Waals surface area contributed by atoms with Gasteiger partial charge in [0.05, 0.1) is 6.54 Å². The molecular weight excluding hydrogens is 152 g/mol. The Balaban J connectivity index is 2.37. The van der Waals surface area contributed by atoms with Crippen molar-refractivity contribution in [3.8, 4) is 5.75 Å². The summed E-state index contributed by atoms with van der Waals surface area (Å²) >= 11 is 0. The first kappa shape index (κ1) is 7.40. The van der Waals surface area contributed by atoms with Crippen molar-refractivity contribution in [2.75, 3.05) is 11.9 Å². The lowest BCUT2D eigenvalue weighted by Crippen LogP contribution is -2.28. The Morgan fingerprint density at radius 3 is 3.33 bits per heavy atom. The standard InChI is InChI=1S/C9H12N2O/c1-6-3-8-9(10-4-6)11-5-7(2)12-8/h3-4,7H,5H2,1-2H3,(H,10,11). The molecule has 3 heteroatoms. The number of anilines is 1. The molecule has 0 fully saturated rings. The number of aryl methyl sites for hydroxylation is 1. The fraction of sp³-hybridized carbons (Fsp3) is 0.444. The smallest absolute Gasteiger partial charge is 0.168 e. The number of ether oxygens (including phenoxy) is 1. The molecule has 12 heavy (non-hydrogen) atoms. The van der Waals surface area contributed by atoms with Crippen molar-refractivity contribution < 1.29 is 4.74 Å². The fourth-order valence-electron chi connectivity index (χ4n) is 1.26. The minimum atomic E-state index is 0.237. The van der Waals surface area contributed by atoms with Gasteiger partial charge in [-0.1, -0.05) is 0 Å². The van der Waals surface area contributed by atoms with Gasteiger partial charge in [-0.3, -0.25) is 0 Å². The monoisotopic (exact) mass is 164 g/mol. The molecule has 0 bridgehead atoms. The van der Waals surface area contributed by atoms with Crippen LogP contribution in [0.1, 0.15) is 12.5 Å².